The van der Waals surface area contributed by atoms with Gasteiger partial charge in [0.25, 0.3) is 0 Å². The van der Waals surface area contributed by atoms with Crippen LogP contribution in [0.2, 0.25) is 0 Å². The quantitative estimate of drug-likeness (QED) is 0.865. The van der Waals surface area contributed by atoms with Crippen LogP contribution in [0, 0.1) is 31.6 Å². The van der Waals surface area contributed by atoms with E-state index in [0.29, 0.717) is 13.0 Å². The van der Waals surface area contributed by atoms with Gasteiger partial charge in [0.1, 0.15) is 0 Å². The standard InChI is InChI=1S/C18H26BrN3O/c1-11-17(19)12(2)22(21-11)4-3-16(23)20-18-8-13-5-14(9-18)7-15(6-13)10-18/h13-15H,3-10H2,1-2H3,(H,20,23). The van der Waals surface area contributed by atoms with Gasteiger partial charge in [-0.25, -0.2) is 0 Å². The van der Waals surface area contributed by atoms with Gasteiger partial charge in [-0.15, -0.1) is 0 Å². The van der Waals surface area contributed by atoms with Gasteiger partial charge in [-0.1, -0.05) is 0 Å². The molecule has 0 aromatic carbocycles. The molecule has 4 nitrogen and oxygen atoms in total. The summed E-state index contributed by atoms with van der Waals surface area (Å²) in [5.74, 6) is 2.81. The third-order valence-electron chi connectivity index (χ3n) is 6.29. The maximum atomic E-state index is 12.5. The van der Waals surface area contributed by atoms with Gasteiger partial charge in [0, 0.05) is 17.7 Å². The van der Waals surface area contributed by atoms with Crippen molar-refractivity contribution in [2.75, 3.05) is 0 Å². The van der Waals surface area contributed by atoms with Crippen molar-refractivity contribution in [1.82, 2.24) is 15.1 Å². The van der Waals surface area contributed by atoms with E-state index in [4.69, 9.17) is 0 Å². The Balaban J connectivity index is 1.38. The van der Waals surface area contributed by atoms with E-state index in [0.717, 1.165) is 33.6 Å². The molecule has 1 heterocycles. The maximum absolute atomic E-state index is 12.5. The summed E-state index contributed by atoms with van der Waals surface area (Å²) in [6, 6.07) is 0. The van der Waals surface area contributed by atoms with Crippen LogP contribution >= 0.6 is 15.9 Å². The molecule has 0 aliphatic heterocycles. The number of aryl methyl sites for hydroxylation is 2. The summed E-state index contributed by atoms with van der Waals surface area (Å²) in [6.07, 6.45) is 8.41. The average Bonchev–Trinajstić information content (AvgIpc) is 2.70. The fourth-order valence-corrected chi connectivity index (χ4v) is 6.01. The van der Waals surface area contributed by atoms with E-state index in [1.165, 1.54) is 38.5 Å². The van der Waals surface area contributed by atoms with Crippen molar-refractivity contribution in [3.8, 4) is 0 Å². The predicted molar refractivity (Wildman–Crippen MR) is 93.1 cm³/mol. The Labute approximate surface area is 146 Å². The van der Waals surface area contributed by atoms with Crippen LogP contribution in [0.15, 0.2) is 4.47 Å². The highest BCUT2D eigenvalue weighted by atomic mass is 79.9. The van der Waals surface area contributed by atoms with Crippen LogP contribution in [0.5, 0.6) is 0 Å². The fraction of sp³-hybridized carbons (Fsp3) is 0.778. The molecule has 0 unspecified atom stereocenters. The molecule has 1 aromatic heterocycles. The minimum absolute atomic E-state index is 0.126. The van der Waals surface area contributed by atoms with Crippen molar-refractivity contribution in [3.05, 3.63) is 15.9 Å². The Morgan fingerprint density at radius 1 is 1.22 bits per heavy atom. The molecule has 4 saturated carbocycles. The lowest BCUT2D eigenvalue weighted by Crippen LogP contribution is -2.59. The van der Waals surface area contributed by atoms with Crippen LogP contribution < -0.4 is 5.32 Å². The van der Waals surface area contributed by atoms with Gasteiger partial charge in [-0.05, 0) is 86.1 Å². The van der Waals surface area contributed by atoms with Crippen molar-refractivity contribution >= 4 is 21.8 Å². The van der Waals surface area contributed by atoms with Crippen molar-refractivity contribution in [2.24, 2.45) is 17.8 Å². The second-order valence-electron chi connectivity index (χ2n) is 8.20. The molecule has 1 aromatic rings. The topological polar surface area (TPSA) is 46.9 Å². The number of hydrogen-bond donors (Lipinski definition) is 1. The first kappa shape index (κ1) is 15.7. The normalized spacial score (nSPS) is 34.8. The highest BCUT2D eigenvalue weighted by molar-refractivity contribution is 9.10. The highest BCUT2D eigenvalue weighted by Gasteiger charge is 2.51. The summed E-state index contributed by atoms with van der Waals surface area (Å²) in [5.41, 5.74) is 2.22. The number of nitrogens with zero attached hydrogens (tertiary/aromatic N) is 2. The Hall–Kier alpha value is -0.840. The second-order valence-corrected chi connectivity index (χ2v) is 9.00. The first-order valence-corrected chi connectivity index (χ1v) is 9.74. The predicted octanol–water partition coefficient (Wildman–Crippen LogP) is 3.74. The van der Waals surface area contributed by atoms with Crippen LogP contribution in [-0.2, 0) is 11.3 Å². The van der Waals surface area contributed by atoms with Crippen LogP contribution in [0.1, 0.15) is 56.3 Å². The average molecular weight is 380 g/mol. The summed E-state index contributed by atoms with van der Waals surface area (Å²) >= 11 is 3.55. The van der Waals surface area contributed by atoms with Gasteiger partial charge in [0.2, 0.25) is 5.91 Å². The Bertz CT molecular complexity index is 601. The molecule has 4 bridgehead atoms. The minimum Gasteiger partial charge on any atom is -0.351 e. The molecule has 1 amide bonds. The van der Waals surface area contributed by atoms with Gasteiger partial charge in [-0.2, -0.15) is 5.10 Å². The molecular formula is C18H26BrN3O. The first-order chi connectivity index (χ1) is 10.9. The van der Waals surface area contributed by atoms with Gasteiger partial charge in [0.05, 0.1) is 16.7 Å². The maximum Gasteiger partial charge on any atom is 0.222 e. The molecule has 0 spiro atoms. The van der Waals surface area contributed by atoms with Gasteiger partial charge in [0.15, 0.2) is 0 Å². The number of aromatic nitrogens is 2. The Morgan fingerprint density at radius 2 is 1.78 bits per heavy atom. The molecule has 0 saturated heterocycles. The zero-order valence-corrected chi connectivity index (χ0v) is 15.7. The highest BCUT2D eigenvalue weighted by Crippen LogP contribution is 2.55. The van der Waals surface area contributed by atoms with E-state index in [9.17, 15) is 4.79 Å². The molecule has 4 fully saturated rings. The molecule has 5 heteroatoms. The summed E-state index contributed by atoms with van der Waals surface area (Å²) in [4.78, 5) is 12.5. The summed E-state index contributed by atoms with van der Waals surface area (Å²) in [6.45, 7) is 4.70. The number of carbonyl (C=O) groups is 1. The first-order valence-electron chi connectivity index (χ1n) is 8.94. The summed E-state index contributed by atoms with van der Waals surface area (Å²) in [5, 5.41) is 7.94. The van der Waals surface area contributed by atoms with E-state index in [2.05, 4.69) is 26.3 Å². The lowest BCUT2D eigenvalue weighted by Gasteiger charge is -2.56. The lowest BCUT2D eigenvalue weighted by atomic mass is 9.53. The zero-order chi connectivity index (χ0) is 16.2. The fourth-order valence-electron chi connectivity index (χ4n) is 5.72. The molecule has 0 atom stereocenters. The van der Waals surface area contributed by atoms with E-state index < -0.39 is 0 Å². The Morgan fingerprint density at radius 3 is 2.26 bits per heavy atom. The number of hydrogen-bond acceptors (Lipinski definition) is 2. The zero-order valence-electron chi connectivity index (χ0n) is 14.1. The van der Waals surface area contributed by atoms with Crippen molar-refractivity contribution in [3.63, 3.8) is 0 Å². The lowest BCUT2D eigenvalue weighted by molar-refractivity contribution is -0.127. The summed E-state index contributed by atoms with van der Waals surface area (Å²) in [7, 11) is 0. The van der Waals surface area contributed by atoms with E-state index in [-0.39, 0.29) is 11.4 Å². The third kappa shape index (κ3) is 2.86. The molecule has 126 valence electrons. The summed E-state index contributed by atoms with van der Waals surface area (Å²) < 4.78 is 3.00. The molecule has 23 heavy (non-hydrogen) atoms. The van der Waals surface area contributed by atoms with Gasteiger partial charge < -0.3 is 5.32 Å². The molecule has 0 radical (unpaired) electrons. The van der Waals surface area contributed by atoms with Crippen LogP contribution in [0.3, 0.4) is 0 Å². The SMILES string of the molecule is Cc1nn(CCC(=O)NC23CC4CC(CC(C4)C2)C3)c(C)c1Br. The number of amides is 1. The van der Waals surface area contributed by atoms with Crippen molar-refractivity contribution < 1.29 is 4.79 Å². The largest absolute Gasteiger partial charge is 0.351 e. The van der Waals surface area contributed by atoms with E-state index in [1.54, 1.807) is 0 Å². The number of rotatable bonds is 4. The van der Waals surface area contributed by atoms with Gasteiger partial charge in [-0.3, -0.25) is 9.48 Å². The minimum atomic E-state index is 0.126. The molecular weight excluding hydrogens is 354 g/mol. The van der Waals surface area contributed by atoms with Crippen molar-refractivity contribution in [1.29, 1.82) is 0 Å². The van der Waals surface area contributed by atoms with Gasteiger partial charge >= 0.3 is 0 Å². The Kier molecular flexibility index (Phi) is 3.82. The van der Waals surface area contributed by atoms with E-state index >= 15 is 0 Å². The molecule has 4 aliphatic rings. The third-order valence-corrected chi connectivity index (χ3v) is 7.43. The second kappa shape index (κ2) is 5.61. The number of nitrogens with one attached hydrogen (secondary N) is 1. The van der Waals surface area contributed by atoms with Crippen LogP contribution in [0.25, 0.3) is 0 Å². The number of carbonyl (C=O) groups excluding carboxylic acids is 1. The molecule has 5 rings (SSSR count). The van der Waals surface area contributed by atoms with Crippen LogP contribution in [-0.4, -0.2) is 21.2 Å². The van der Waals surface area contributed by atoms with Crippen LogP contribution in [0.4, 0.5) is 0 Å². The van der Waals surface area contributed by atoms with Crippen molar-refractivity contribution in [2.45, 2.75) is 70.9 Å². The molecule has 4 aliphatic carbocycles. The number of halogens is 1. The smallest absolute Gasteiger partial charge is 0.222 e. The molecule has 1 N–H and O–H groups in total. The monoisotopic (exact) mass is 379 g/mol. The van der Waals surface area contributed by atoms with E-state index in [1.807, 2.05) is 18.5 Å².